The number of aliphatic carboxylic acids is 1. The largest absolute Gasteiger partial charge is 0.481 e. The average molecular weight is 264 g/mol. The van der Waals surface area contributed by atoms with Gasteiger partial charge >= 0.3 is 5.97 Å². The van der Waals surface area contributed by atoms with Crippen LogP contribution in [0, 0.1) is 5.92 Å². The number of carbonyl (C=O) groups excluding carboxylic acids is 1. The van der Waals surface area contributed by atoms with Crippen molar-refractivity contribution in [1.29, 1.82) is 0 Å². The van der Waals surface area contributed by atoms with Crippen molar-refractivity contribution >= 4 is 11.9 Å². The molecular weight excluding hydrogens is 244 g/mol. The summed E-state index contributed by atoms with van der Waals surface area (Å²) in [6, 6.07) is 6.86. The molecule has 0 aromatic heterocycles. The van der Waals surface area contributed by atoms with Crippen LogP contribution < -0.4 is 11.1 Å². The van der Waals surface area contributed by atoms with E-state index in [4.69, 9.17) is 10.8 Å². The smallest absolute Gasteiger partial charge is 0.307 e. The minimum absolute atomic E-state index is 0.0270. The van der Waals surface area contributed by atoms with Gasteiger partial charge in [-0.25, -0.2) is 0 Å². The molecule has 0 aliphatic carbocycles. The van der Waals surface area contributed by atoms with Crippen molar-refractivity contribution in [3.63, 3.8) is 0 Å². The van der Waals surface area contributed by atoms with Gasteiger partial charge in [0.05, 0.1) is 12.5 Å². The number of carboxylic acid groups (broad SMARTS) is 1. The molecular formula is C14H20N2O3. The number of rotatable bonds is 7. The van der Waals surface area contributed by atoms with Crippen molar-refractivity contribution in [2.45, 2.75) is 32.9 Å². The zero-order valence-electron chi connectivity index (χ0n) is 11.2. The number of hydrogen-bond donors (Lipinski definition) is 3. The van der Waals surface area contributed by atoms with E-state index in [1.54, 1.807) is 12.1 Å². The Hall–Kier alpha value is -1.88. The molecule has 5 nitrogen and oxygen atoms in total. The van der Waals surface area contributed by atoms with Crippen molar-refractivity contribution in [2.24, 2.45) is 11.7 Å². The Labute approximate surface area is 112 Å². The summed E-state index contributed by atoms with van der Waals surface area (Å²) in [7, 11) is 0. The fraction of sp³-hybridized carbons (Fsp3) is 0.429. The lowest BCUT2D eigenvalue weighted by Gasteiger charge is -2.19. The molecule has 5 heteroatoms. The lowest BCUT2D eigenvalue weighted by atomic mass is 10.0. The van der Waals surface area contributed by atoms with Crippen molar-refractivity contribution in [3.8, 4) is 0 Å². The standard InChI is InChI=1S/C14H20N2O3/c1-9(2)13(14(15)19)16-8-11-6-4-3-5-10(11)7-12(17)18/h3-6,9,13,16H,7-8H2,1-2H3,(H2,15,19)(H,17,18). The molecule has 1 atom stereocenters. The summed E-state index contributed by atoms with van der Waals surface area (Å²) < 4.78 is 0. The van der Waals surface area contributed by atoms with Crippen LogP contribution in [0.2, 0.25) is 0 Å². The Morgan fingerprint density at radius 2 is 1.84 bits per heavy atom. The molecule has 1 aromatic carbocycles. The number of amides is 1. The van der Waals surface area contributed by atoms with Gasteiger partial charge in [0.1, 0.15) is 0 Å². The van der Waals surface area contributed by atoms with E-state index >= 15 is 0 Å². The summed E-state index contributed by atoms with van der Waals surface area (Å²) >= 11 is 0. The molecule has 0 heterocycles. The molecule has 19 heavy (non-hydrogen) atoms. The summed E-state index contributed by atoms with van der Waals surface area (Å²) in [6.45, 7) is 4.24. The van der Waals surface area contributed by atoms with E-state index in [0.717, 1.165) is 11.1 Å². The highest BCUT2D eigenvalue weighted by molar-refractivity contribution is 5.80. The molecule has 0 fully saturated rings. The van der Waals surface area contributed by atoms with Gasteiger partial charge in [-0.05, 0) is 17.0 Å². The molecule has 0 radical (unpaired) electrons. The summed E-state index contributed by atoms with van der Waals surface area (Å²) in [6.07, 6.45) is -0.0270. The molecule has 0 bridgehead atoms. The first-order valence-corrected chi connectivity index (χ1v) is 6.23. The highest BCUT2D eigenvalue weighted by Crippen LogP contribution is 2.11. The van der Waals surface area contributed by atoms with Crippen LogP contribution in [0.5, 0.6) is 0 Å². The maximum Gasteiger partial charge on any atom is 0.307 e. The number of carbonyl (C=O) groups is 2. The highest BCUT2D eigenvalue weighted by atomic mass is 16.4. The van der Waals surface area contributed by atoms with Crippen LogP contribution in [0.1, 0.15) is 25.0 Å². The Morgan fingerprint density at radius 3 is 2.32 bits per heavy atom. The highest BCUT2D eigenvalue weighted by Gasteiger charge is 2.19. The quantitative estimate of drug-likeness (QED) is 0.682. The van der Waals surface area contributed by atoms with Crippen molar-refractivity contribution in [2.75, 3.05) is 0 Å². The van der Waals surface area contributed by atoms with Gasteiger partial charge in [0.15, 0.2) is 0 Å². The second kappa shape index (κ2) is 6.89. The second-order valence-corrected chi connectivity index (χ2v) is 4.84. The summed E-state index contributed by atoms with van der Waals surface area (Å²) in [5, 5.41) is 11.9. The number of nitrogens with one attached hydrogen (secondary N) is 1. The summed E-state index contributed by atoms with van der Waals surface area (Å²) in [5.74, 6) is -1.18. The third-order valence-corrected chi connectivity index (χ3v) is 2.95. The van der Waals surface area contributed by atoms with Crippen molar-refractivity contribution in [3.05, 3.63) is 35.4 Å². The number of primary amides is 1. The van der Waals surface area contributed by atoms with Gasteiger partial charge in [-0.2, -0.15) is 0 Å². The zero-order chi connectivity index (χ0) is 14.4. The lowest BCUT2D eigenvalue weighted by molar-refractivity contribution is -0.136. The van der Waals surface area contributed by atoms with Gasteiger partial charge in [0.2, 0.25) is 5.91 Å². The van der Waals surface area contributed by atoms with Crippen LogP contribution in [0.3, 0.4) is 0 Å². The van der Waals surface area contributed by atoms with Gasteiger partial charge < -0.3 is 16.2 Å². The first-order valence-electron chi connectivity index (χ1n) is 6.23. The molecule has 0 saturated carbocycles. The van der Waals surface area contributed by atoms with E-state index in [1.165, 1.54) is 0 Å². The van der Waals surface area contributed by atoms with Crippen LogP contribution in [-0.2, 0) is 22.6 Å². The zero-order valence-corrected chi connectivity index (χ0v) is 11.2. The summed E-state index contributed by atoms with van der Waals surface area (Å²) in [5.41, 5.74) is 6.94. The maximum absolute atomic E-state index is 11.3. The Morgan fingerprint density at radius 1 is 1.26 bits per heavy atom. The molecule has 104 valence electrons. The fourth-order valence-electron chi connectivity index (χ4n) is 1.95. The first-order chi connectivity index (χ1) is 8.91. The molecule has 1 aromatic rings. The predicted octanol–water partition coefficient (Wildman–Crippen LogP) is 0.913. The third-order valence-electron chi connectivity index (χ3n) is 2.95. The Kier molecular flexibility index (Phi) is 5.51. The van der Waals surface area contributed by atoms with Crippen LogP contribution in [0.15, 0.2) is 24.3 Å². The number of nitrogens with two attached hydrogens (primary N) is 1. The number of benzene rings is 1. The average Bonchev–Trinajstić information content (AvgIpc) is 2.29. The summed E-state index contributed by atoms with van der Waals surface area (Å²) in [4.78, 5) is 22.1. The van der Waals surface area contributed by atoms with E-state index in [9.17, 15) is 9.59 Å². The lowest BCUT2D eigenvalue weighted by Crippen LogP contribution is -2.44. The molecule has 0 saturated heterocycles. The van der Waals surface area contributed by atoms with E-state index in [1.807, 2.05) is 26.0 Å². The molecule has 1 rings (SSSR count). The van der Waals surface area contributed by atoms with Gasteiger partial charge in [0.25, 0.3) is 0 Å². The Bertz CT molecular complexity index is 458. The van der Waals surface area contributed by atoms with Crippen LogP contribution in [-0.4, -0.2) is 23.0 Å². The second-order valence-electron chi connectivity index (χ2n) is 4.84. The molecule has 1 amide bonds. The normalized spacial score (nSPS) is 12.4. The van der Waals surface area contributed by atoms with Gasteiger partial charge in [0, 0.05) is 6.54 Å². The minimum atomic E-state index is -0.872. The topological polar surface area (TPSA) is 92.4 Å². The van der Waals surface area contributed by atoms with E-state index in [2.05, 4.69) is 5.32 Å². The van der Waals surface area contributed by atoms with E-state index < -0.39 is 17.9 Å². The first kappa shape index (κ1) is 15.2. The Balaban J connectivity index is 2.76. The van der Waals surface area contributed by atoms with Crippen LogP contribution in [0.4, 0.5) is 0 Å². The van der Waals surface area contributed by atoms with E-state index in [-0.39, 0.29) is 12.3 Å². The third kappa shape index (κ3) is 4.71. The van der Waals surface area contributed by atoms with Gasteiger partial charge in [-0.15, -0.1) is 0 Å². The molecule has 0 spiro atoms. The van der Waals surface area contributed by atoms with E-state index in [0.29, 0.717) is 6.54 Å². The van der Waals surface area contributed by atoms with Crippen LogP contribution >= 0.6 is 0 Å². The minimum Gasteiger partial charge on any atom is -0.481 e. The molecule has 4 N–H and O–H groups in total. The number of hydrogen-bond acceptors (Lipinski definition) is 3. The SMILES string of the molecule is CC(C)C(NCc1ccccc1CC(=O)O)C(N)=O. The fourth-order valence-corrected chi connectivity index (χ4v) is 1.95. The maximum atomic E-state index is 11.3. The van der Waals surface area contributed by atoms with Gasteiger partial charge in [-0.1, -0.05) is 38.1 Å². The molecule has 0 aliphatic rings. The number of carboxylic acids is 1. The van der Waals surface area contributed by atoms with Crippen molar-refractivity contribution < 1.29 is 14.7 Å². The molecule has 0 aliphatic heterocycles. The monoisotopic (exact) mass is 264 g/mol. The predicted molar refractivity (Wildman–Crippen MR) is 72.4 cm³/mol. The van der Waals surface area contributed by atoms with Crippen molar-refractivity contribution in [1.82, 2.24) is 5.32 Å². The van der Waals surface area contributed by atoms with Gasteiger partial charge in [-0.3, -0.25) is 9.59 Å². The van der Waals surface area contributed by atoms with Crippen LogP contribution in [0.25, 0.3) is 0 Å². The molecule has 1 unspecified atom stereocenters.